The maximum atomic E-state index is 12.9. The molecule has 0 aromatic heterocycles. The standard InChI is InChI=1S/C24H17ClN2O5/c25-21-4-2-1-3-16(21)14-32-19-11-5-15(6-12-19)13-20-22(29)26-24(31)27(23(20)30)17-7-9-18(28)10-8-17/h1-13,28H,14H2,(H,26,29,31)/b20-13-. The van der Waals surface area contributed by atoms with Gasteiger partial charge in [0, 0.05) is 10.6 Å². The lowest BCUT2D eigenvalue weighted by atomic mass is 10.1. The lowest BCUT2D eigenvalue weighted by Gasteiger charge is -2.26. The van der Waals surface area contributed by atoms with E-state index >= 15 is 0 Å². The Labute approximate surface area is 188 Å². The van der Waals surface area contributed by atoms with E-state index in [9.17, 15) is 19.5 Å². The molecule has 0 unspecified atom stereocenters. The number of ether oxygens (including phenoxy) is 1. The van der Waals surface area contributed by atoms with Crippen molar-refractivity contribution in [2.45, 2.75) is 6.61 Å². The first-order valence-electron chi connectivity index (χ1n) is 9.59. The van der Waals surface area contributed by atoms with E-state index in [0.29, 0.717) is 22.9 Å². The molecule has 1 heterocycles. The second-order valence-electron chi connectivity index (χ2n) is 6.92. The molecule has 1 saturated heterocycles. The Balaban J connectivity index is 1.52. The van der Waals surface area contributed by atoms with Gasteiger partial charge >= 0.3 is 6.03 Å². The number of carbonyl (C=O) groups excluding carboxylic acids is 3. The minimum Gasteiger partial charge on any atom is -0.508 e. The summed E-state index contributed by atoms with van der Waals surface area (Å²) in [5, 5.41) is 12.2. The number of hydrogen-bond acceptors (Lipinski definition) is 5. The molecule has 160 valence electrons. The molecule has 0 spiro atoms. The summed E-state index contributed by atoms with van der Waals surface area (Å²) in [6, 6.07) is 18.8. The topological polar surface area (TPSA) is 95.9 Å². The molecule has 0 atom stereocenters. The zero-order valence-corrected chi connectivity index (χ0v) is 17.4. The minimum atomic E-state index is -0.855. The summed E-state index contributed by atoms with van der Waals surface area (Å²) >= 11 is 6.13. The second-order valence-corrected chi connectivity index (χ2v) is 7.33. The Morgan fingerprint density at radius 2 is 1.62 bits per heavy atom. The molecule has 8 heteroatoms. The molecule has 4 rings (SSSR count). The number of rotatable bonds is 5. The molecule has 7 nitrogen and oxygen atoms in total. The normalized spacial score (nSPS) is 15.1. The van der Waals surface area contributed by atoms with Crippen molar-refractivity contribution in [3.05, 3.63) is 94.5 Å². The summed E-state index contributed by atoms with van der Waals surface area (Å²) in [6.07, 6.45) is 1.40. The number of halogens is 1. The van der Waals surface area contributed by atoms with Crippen LogP contribution in [0.2, 0.25) is 5.02 Å². The van der Waals surface area contributed by atoms with Gasteiger partial charge in [0.25, 0.3) is 11.8 Å². The average molecular weight is 449 g/mol. The lowest BCUT2D eigenvalue weighted by Crippen LogP contribution is -2.54. The van der Waals surface area contributed by atoms with Crippen molar-refractivity contribution in [3.63, 3.8) is 0 Å². The molecular formula is C24H17ClN2O5. The first-order chi connectivity index (χ1) is 15.4. The van der Waals surface area contributed by atoms with Crippen LogP contribution in [0.1, 0.15) is 11.1 Å². The van der Waals surface area contributed by atoms with Crippen molar-refractivity contribution >= 4 is 41.2 Å². The molecule has 1 fully saturated rings. The first-order valence-corrected chi connectivity index (χ1v) is 9.97. The number of aromatic hydroxyl groups is 1. The van der Waals surface area contributed by atoms with E-state index in [1.165, 1.54) is 30.3 Å². The number of urea groups is 1. The summed E-state index contributed by atoms with van der Waals surface area (Å²) in [5.41, 5.74) is 1.46. The van der Waals surface area contributed by atoms with Crippen LogP contribution in [0, 0.1) is 0 Å². The van der Waals surface area contributed by atoms with E-state index < -0.39 is 17.8 Å². The summed E-state index contributed by atoms with van der Waals surface area (Å²) in [7, 11) is 0. The molecule has 4 amide bonds. The molecule has 1 aliphatic rings. The number of imide groups is 2. The second kappa shape index (κ2) is 8.95. The highest BCUT2D eigenvalue weighted by atomic mass is 35.5. The van der Waals surface area contributed by atoms with E-state index in [0.717, 1.165) is 10.5 Å². The third-order valence-electron chi connectivity index (χ3n) is 4.75. The summed E-state index contributed by atoms with van der Waals surface area (Å²) in [4.78, 5) is 38.2. The quantitative estimate of drug-likeness (QED) is 0.448. The Hall–Kier alpha value is -4.10. The summed E-state index contributed by atoms with van der Waals surface area (Å²) in [5.74, 6) is -0.966. The monoisotopic (exact) mass is 448 g/mol. The highest BCUT2D eigenvalue weighted by Crippen LogP contribution is 2.25. The van der Waals surface area contributed by atoms with Gasteiger partial charge in [-0.3, -0.25) is 14.9 Å². The van der Waals surface area contributed by atoms with E-state index in [-0.39, 0.29) is 17.0 Å². The van der Waals surface area contributed by atoms with Crippen LogP contribution in [0.5, 0.6) is 11.5 Å². The van der Waals surface area contributed by atoms with Crippen LogP contribution in [0.25, 0.3) is 6.08 Å². The number of anilines is 1. The average Bonchev–Trinajstić information content (AvgIpc) is 2.78. The fourth-order valence-electron chi connectivity index (χ4n) is 3.10. The number of hydrogen-bond donors (Lipinski definition) is 2. The van der Waals surface area contributed by atoms with Crippen molar-refractivity contribution in [2.75, 3.05) is 4.90 Å². The number of amides is 4. The molecule has 0 radical (unpaired) electrons. The minimum absolute atomic E-state index is 0.0118. The number of phenolic OH excluding ortho intramolecular Hbond substituents is 1. The highest BCUT2D eigenvalue weighted by Gasteiger charge is 2.36. The SMILES string of the molecule is O=C1NC(=O)N(c2ccc(O)cc2)C(=O)/C1=C\c1ccc(OCc2ccccc2Cl)cc1. The van der Waals surface area contributed by atoms with Gasteiger partial charge in [0.2, 0.25) is 0 Å². The molecule has 0 aliphatic carbocycles. The smallest absolute Gasteiger partial charge is 0.335 e. The number of phenols is 1. The van der Waals surface area contributed by atoms with Crippen molar-refractivity contribution in [1.82, 2.24) is 5.32 Å². The molecule has 0 saturated carbocycles. The number of nitrogens with zero attached hydrogens (tertiary/aromatic N) is 1. The number of benzene rings is 3. The van der Waals surface area contributed by atoms with Crippen LogP contribution >= 0.6 is 11.6 Å². The van der Waals surface area contributed by atoms with Crippen molar-refractivity contribution in [2.24, 2.45) is 0 Å². The van der Waals surface area contributed by atoms with Gasteiger partial charge < -0.3 is 9.84 Å². The molecule has 3 aromatic carbocycles. The van der Waals surface area contributed by atoms with Crippen molar-refractivity contribution in [1.29, 1.82) is 0 Å². The van der Waals surface area contributed by atoms with Gasteiger partial charge in [-0.25, -0.2) is 9.69 Å². The molecule has 32 heavy (non-hydrogen) atoms. The van der Waals surface area contributed by atoms with Crippen LogP contribution in [-0.2, 0) is 16.2 Å². The summed E-state index contributed by atoms with van der Waals surface area (Å²) in [6.45, 7) is 0.296. The van der Waals surface area contributed by atoms with Crippen LogP contribution in [-0.4, -0.2) is 23.0 Å². The van der Waals surface area contributed by atoms with E-state index in [1.54, 1.807) is 30.3 Å². The predicted molar refractivity (Wildman–Crippen MR) is 119 cm³/mol. The van der Waals surface area contributed by atoms with E-state index in [1.807, 2.05) is 18.2 Å². The molecule has 1 aliphatic heterocycles. The first kappa shape index (κ1) is 21.1. The van der Waals surface area contributed by atoms with Gasteiger partial charge in [0.1, 0.15) is 23.7 Å². The zero-order valence-electron chi connectivity index (χ0n) is 16.6. The van der Waals surface area contributed by atoms with Gasteiger partial charge in [-0.15, -0.1) is 0 Å². The van der Waals surface area contributed by atoms with Crippen LogP contribution in [0.4, 0.5) is 10.5 Å². The number of carbonyl (C=O) groups is 3. The molecule has 2 N–H and O–H groups in total. The van der Waals surface area contributed by atoms with E-state index in [2.05, 4.69) is 5.32 Å². The van der Waals surface area contributed by atoms with Crippen molar-refractivity contribution in [3.8, 4) is 11.5 Å². The van der Waals surface area contributed by atoms with Gasteiger partial charge in [0.05, 0.1) is 5.69 Å². The third kappa shape index (κ3) is 4.48. The Kier molecular flexibility index (Phi) is 5.91. The van der Waals surface area contributed by atoms with Crippen LogP contribution in [0.3, 0.4) is 0 Å². The largest absolute Gasteiger partial charge is 0.508 e. The van der Waals surface area contributed by atoms with Gasteiger partial charge in [-0.2, -0.15) is 0 Å². The lowest BCUT2D eigenvalue weighted by molar-refractivity contribution is -0.122. The van der Waals surface area contributed by atoms with Crippen molar-refractivity contribution < 1.29 is 24.2 Å². The molecule has 3 aromatic rings. The molecule has 0 bridgehead atoms. The Morgan fingerprint density at radius 3 is 2.31 bits per heavy atom. The van der Waals surface area contributed by atoms with Gasteiger partial charge in [-0.05, 0) is 54.1 Å². The molecular weight excluding hydrogens is 432 g/mol. The predicted octanol–water partition coefficient (Wildman–Crippen LogP) is 4.29. The maximum Gasteiger partial charge on any atom is 0.335 e. The number of nitrogens with one attached hydrogen (secondary N) is 1. The fraction of sp³-hybridized carbons (Fsp3) is 0.0417. The maximum absolute atomic E-state index is 12.9. The van der Waals surface area contributed by atoms with E-state index in [4.69, 9.17) is 16.3 Å². The Morgan fingerprint density at radius 1 is 0.938 bits per heavy atom. The Bertz CT molecular complexity index is 1220. The fourth-order valence-corrected chi connectivity index (χ4v) is 3.29. The van der Waals surface area contributed by atoms with Gasteiger partial charge in [-0.1, -0.05) is 41.9 Å². The third-order valence-corrected chi connectivity index (χ3v) is 5.12. The van der Waals surface area contributed by atoms with Crippen LogP contribution in [0.15, 0.2) is 78.4 Å². The van der Waals surface area contributed by atoms with Gasteiger partial charge in [0.15, 0.2) is 0 Å². The summed E-state index contributed by atoms with van der Waals surface area (Å²) < 4.78 is 5.73. The number of barbiturate groups is 1. The van der Waals surface area contributed by atoms with Crippen LogP contribution < -0.4 is 15.0 Å². The highest BCUT2D eigenvalue weighted by molar-refractivity contribution is 6.39. The zero-order chi connectivity index (χ0) is 22.7.